The van der Waals surface area contributed by atoms with Crippen molar-refractivity contribution in [1.29, 1.82) is 0 Å². The molecule has 0 aliphatic heterocycles. The lowest BCUT2D eigenvalue weighted by Crippen LogP contribution is -2.10. The molecule has 27 heavy (non-hydrogen) atoms. The van der Waals surface area contributed by atoms with E-state index in [1.807, 2.05) is 42.7 Å². The molecule has 0 aliphatic rings. The van der Waals surface area contributed by atoms with Crippen molar-refractivity contribution < 1.29 is 0 Å². The van der Waals surface area contributed by atoms with Crippen LogP contribution in [0.5, 0.6) is 0 Å². The second-order valence-electron chi connectivity index (χ2n) is 6.95. The van der Waals surface area contributed by atoms with Crippen LogP contribution in [0.3, 0.4) is 0 Å². The van der Waals surface area contributed by atoms with Crippen LogP contribution in [-0.2, 0) is 0 Å². The van der Waals surface area contributed by atoms with E-state index in [4.69, 9.17) is 16.5 Å². The summed E-state index contributed by atoms with van der Waals surface area (Å²) >= 11 is 0. The van der Waals surface area contributed by atoms with Crippen molar-refractivity contribution in [1.82, 2.24) is 19.5 Å². The van der Waals surface area contributed by atoms with Crippen molar-refractivity contribution >= 4 is 22.8 Å². The third-order valence-electron chi connectivity index (χ3n) is 4.92. The summed E-state index contributed by atoms with van der Waals surface area (Å²) in [5, 5.41) is 0. The number of nitrogens with two attached hydrogens (primary N) is 2. The number of hydrogen-bond acceptors (Lipinski definition) is 5. The minimum atomic E-state index is 0.142. The predicted octanol–water partition coefficient (Wildman–Crippen LogP) is 3.88. The van der Waals surface area contributed by atoms with E-state index >= 15 is 0 Å². The van der Waals surface area contributed by atoms with Gasteiger partial charge in [-0.25, -0.2) is 4.98 Å². The molecule has 0 radical (unpaired) electrons. The smallest absolute Gasteiger partial charge is 0.224 e. The topological polar surface area (TPSA) is 95.6 Å². The first-order valence-electron chi connectivity index (χ1n) is 8.82. The summed E-state index contributed by atoms with van der Waals surface area (Å²) in [7, 11) is 0. The molecule has 2 aromatic carbocycles. The average Bonchev–Trinajstić information content (AvgIpc) is 2.90. The van der Waals surface area contributed by atoms with Crippen LogP contribution in [0, 0.1) is 27.7 Å². The molecule has 4 N–H and O–H groups in total. The quantitative estimate of drug-likeness (QED) is 0.567. The Bertz CT molecular complexity index is 1170. The van der Waals surface area contributed by atoms with Gasteiger partial charge in [0.15, 0.2) is 5.82 Å². The summed E-state index contributed by atoms with van der Waals surface area (Å²) in [5.74, 6) is 1.96. The maximum absolute atomic E-state index is 6.28. The van der Waals surface area contributed by atoms with E-state index in [1.54, 1.807) is 0 Å². The second-order valence-corrected chi connectivity index (χ2v) is 6.95. The second kappa shape index (κ2) is 6.09. The molecule has 0 unspecified atom stereocenters. The summed E-state index contributed by atoms with van der Waals surface area (Å²) in [6.07, 6.45) is 0. The predicted molar refractivity (Wildman–Crippen MR) is 110 cm³/mol. The van der Waals surface area contributed by atoms with Crippen molar-refractivity contribution in [3.8, 4) is 16.9 Å². The lowest BCUT2D eigenvalue weighted by Gasteiger charge is -2.15. The zero-order valence-electron chi connectivity index (χ0n) is 15.9. The summed E-state index contributed by atoms with van der Waals surface area (Å²) in [5.41, 5.74) is 19.4. The van der Waals surface area contributed by atoms with Gasteiger partial charge in [-0.15, -0.1) is 0 Å². The van der Waals surface area contributed by atoms with E-state index < -0.39 is 0 Å². The number of fused-ring (bicyclic) bond motifs is 1. The zero-order chi connectivity index (χ0) is 19.3. The van der Waals surface area contributed by atoms with Gasteiger partial charge in [0.05, 0.1) is 16.6 Å². The lowest BCUT2D eigenvalue weighted by atomic mass is 10.0. The van der Waals surface area contributed by atoms with Gasteiger partial charge in [-0.3, -0.25) is 4.57 Å². The lowest BCUT2D eigenvalue weighted by molar-refractivity contribution is 0.951. The highest BCUT2D eigenvalue weighted by Gasteiger charge is 2.20. The molecule has 0 atom stereocenters. The van der Waals surface area contributed by atoms with E-state index in [9.17, 15) is 0 Å². The first-order valence-corrected chi connectivity index (χ1v) is 8.82. The fourth-order valence-corrected chi connectivity index (χ4v) is 3.36. The Morgan fingerprint density at radius 1 is 0.815 bits per heavy atom. The molecule has 6 heteroatoms. The Labute approximate surface area is 157 Å². The molecular weight excluding hydrogens is 336 g/mol. The van der Waals surface area contributed by atoms with Gasteiger partial charge in [-0.05, 0) is 56.5 Å². The van der Waals surface area contributed by atoms with Crippen LogP contribution < -0.4 is 11.5 Å². The highest BCUT2D eigenvalue weighted by molar-refractivity contribution is 5.86. The monoisotopic (exact) mass is 358 g/mol. The molecule has 2 heterocycles. The number of benzene rings is 2. The number of aryl methyl sites for hydroxylation is 4. The SMILES string of the molecule is Cc1ccc(-c2c(N)nc(N)nc2-n2c(C)nc3cc(C)c(C)cc32)cc1. The fourth-order valence-electron chi connectivity index (χ4n) is 3.36. The maximum Gasteiger partial charge on any atom is 0.224 e. The van der Waals surface area contributed by atoms with Crippen LogP contribution in [0.25, 0.3) is 28.0 Å². The molecule has 4 rings (SSSR count). The first-order chi connectivity index (χ1) is 12.8. The molecule has 0 fully saturated rings. The van der Waals surface area contributed by atoms with Crippen molar-refractivity contribution in [3.63, 3.8) is 0 Å². The van der Waals surface area contributed by atoms with Gasteiger partial charge in [0.2, 0.25) is 5.95 Å². The Balaban J connectivity index is 2.08. The summed E-state index contributed by atoms with van der Waals surface area (Å²) in [6, 6.07) is 12.3. The minimum absolute atomic E-state index is 0.142. The molecule has 0 spiro atoms. The molecule has 0 saturated carbocycles. The molecular formula is C21H22N6. The van der Waals surface area contributed by atoms with E-state index in [-0.39, 0.29) is 5.95 Å². The van der Waals surface area contributed by atoms with E-state index in [2.05, 4.69) is 35.9 Å². The molecule has 4 aromatic rings. The molecule has 0 saturated heterocycles. The summed E-state index contributed by atoms with van der Waals surface area (Å²) in [4.78, 5) is 13.5. The van der Waals surface area contributed by atoms with Crippen molar-refractivity contribution in [2.45, 2.75) is 27.7 Å². The number of nitrogens with zero attached hydrogens (tertiary/aromatic N) is 4. The fraction of sp³-hybridized carbons (Fsp3) is 0.190. The van der Waals surface area contributed by atoms with Gasteiger partial charge in [-0.1, -0.05) is 29.8 Å². The number of hydrogen-bond donors (Lipinski definition) is 2. The van der Waals surface area contributed by atoms with Gasteiger partial charge in [-0.2, -0.15) is 9.97 Å². The van der Waals surface area contributed by atoms with Gasteiger partial charge < -0.3 is 11.5 Å². The standard InChI is InChI=1S/C21H22N6/c1-11-5-7-15(8-6-11)18-19(22)25-21(23)26-20(18)27-14(4)24-16-9-12(2)13(3)10-17(16)27/h5-10H,1-4H3,(H4,22,23,25,26). The van der Waals surface area contributed by atoms with Crippen LogP contribution in [0.15, 0.2) is 36.4 Å². The highest BCUT2D eigenvalue weighted by Crippen LogP contribution is 2.34. The minimum Gasteiger partial charge on any atom is -0.383 e. The molecule has 0 aliphatic carbocycles. The normalized spacial score (nSPS) is 11.3. The maximum atomic E-state index is 6.28. The number of anilines is 2. The van der Waals surface area contributed by atoms with Crippen molar-refractivity contribution in [2.75, 3.05) is 11.5 Å². The zero-order valence-corrected chi connectivity index (χ0v) is 15.9. The highest BCUT2D eigenvalue weighted by atomic mass is 15.2. The molecule has 2 aromatic heterocycles. The van der Waals surface area contributed by atoms with Crippen LogP contribution in [-0.4, -0.2) is 19.5 Å². The van der Waals surface area contributed by atoms with E-state index in [0.29, 0.717) is 11.6 Å². The summed E-state index contributed by atoms with van der Waals surface area (Å²) < 4.78 is 2.01. The third kappa shape index (κ3) is 2.79. The Kier molecular flexibility index (Phi) is 3.84. The van der Waals surface area contributed by atoms with Gasteiger partial charge in [0.25, 0.3) is 0 Å². The average molecular weight is 358 g/mol. The van der Waals surface area contributed by atoms with Crippen molar-refractivity contribution in [3.05, 3.63) is 58.9 Å². The summed E-state index contributed by atoms with van der Waals surface area (Å²) in [6.45, 7) is 8.18. The number of imidazole rings is 1. The van der Waals surface area contributed by atoms with E-state index in [1.165, 1.54) is 16.7 Å². The van der Waals surface area contributed by atoms with E-state index in [0.717, 1.165) is 28.0 Å². The van der Waals surface area contributed by atoms with Gasteiger partial charge >= 0.3 is 0 Å². The molecule has 136 valence electrons. The Hall–Kier alpha value is -3.41. The van der Waals surface area contributed by atoms with Crippen molar-refractivity contribution in [2.24, 2.45) is 0 Å². The third-order valence-corrected chi connectivity index (χ3v) is 4.92. The Morgan fingerprint density at radius 3 is 2.19 bits per heavy atom. The Morgan fingerprint density at radius 2 is 1.48 bits per heavy atom. The van der Waals surface area contributed by atoms with Gasteiger partial charge in [0, 0.05) is 0 Å². The largest absolute Gasteiger partial charge is 0.383 e. The van der Waals surface area contributed by atoms with Crippen LogP contribution in [0.1, 0.15) is 22.5 Å². The molecule has 6 nitrogen and oxygen atoms in total. The number of aromatic nitrogens is 4. The molecule has 0 amide bonds. The van der Waals surface area contributed by atoms with Crippen LogP contribution in [0.2, 0.25) is 0 Å². The first kappa shape index (κ1) is 17.0. The van der Waals surface area contributed by atoms with Crippen LogP contribution >= 0.6 is 0 Å². The molecule has 0 bridgehead atoms. The van der Waals surface area contributed by atoms with Gasteiger partial charge in [0.1, 0.15) is 11.6 Å². The number of rotatable bonds is 2. The van der Waals surface area contributed by atoms with Crippen LogP contribution in [0.4, 0.5) is 11.8 Å². The number of nitrogen functional groups attached to an aromatic ring is 2.